The molecular weight excluding hydrogens is 525 g/mol. The Kier molecular flexibility index (Phi) is 7.49. The largest absolute Gasteiger partial charge is 0.491 e. The number of aromatic nitrogens is 1. The molecule has 188 valence electrons. The smallest absolute Gasteiger partial charge is 0.303 e. The second kappa shape index (κ2) is 10.4. The van der Waals surface area contributed by atoms with E-state index in [9.17, 15) is 13.2 Å². The van der Waals surface area contributed by atoms with E-state index in [4.69, 9.17) is 37.8 Å². The summed E-state index contributed by atoms with van der Waals surface area (Å²) in [6.07, 6.45) is 1.44. The third kappa shape index (κ3) is 5.78. The van der Waals surface area contributed by atoms with Gasteiger partial charge in [0.25, 0.3) is 10.0 Å². The Morgan fingerprint density at radius 2 is 1.58 bits per heavy atom. The molecule has 3 aromatic carbocycles. The molecule has 0 fully saturated rings. The standard InChI is InChI=1S/C26H23Cl2NO6S/c1-16(2)34-21-6-9-24-17(3-10-26(30)31)15-29(25(24)14-21)36(32,33)23-7-4-20(5-8-23)35-22-12-18(27)11-19(28)13-22/h4-9,11-16H,3,10H2,1-2H3,(H,30,31). The topological polar surface area (TPSA) is 94.8 Å². The summed E-state index contributed by atoms with van der Waals surface area (Å²) >= 11 is 12.0. The fourth-order valence-electron chi connectivity index (χ4n) is 3.75. The van der Waals surface area contributed by atoms with Crippen molar-refractivity contribution in [3.63, 3.8) is 0 Å². The highest BCUT2D eigenvalue weighted by molar-refractivity contribution is 7.90. The van der Waals surface area contributed by atoms with Gasteiger partial charge in [-0.2, -0.15) is 0 Å². The van der Waals surface area contributed by atoms with Crippen molar-refractivity contribution < 1.29 is 27.8 Å². The number of carboxylic acids is 1. The van der Waals surface area contributed by atoms with Crippen LogP contribution in [0, 0.1) is 0 Å². The minimum atomic E-state index is -4.02. The number of carboxylic acid groups (broad SMARTS) is 1. The van der Waals surface area contributed by atoms with Crippen LogP contribution in [0.15, 0.2) is 71.8 Å². The molecule has 36 heavy (non-hydrogen) atoms. The number of fused-ring (bicyclic) bond motifs is 1. The monoisotopic (exact) mass is 547 g/mol. The van der Waals surface area contributed by atoms with Crippen LogP contribution in [0.25, 0.3) is 10.9 Å². The maximum atomic E-state index is 13.6. The molecule has 0 amide bonds. The summed E-state index contributed by atoms with van der Waals surface area (Å²) in [6, 6.07) is 15.9. The van der Waals surface area contributed by atoms with Gasteiger partial charge in [0, 0.05) is 34.1 Å². The van der Waals surface area contributed by atoms with E-state index in [1.54, 1.807) is 36.4 Å². The van der Waals surface area contributed by atoms with Crippen LogP contribution in [0.4, 0.5) is 0 Å². The summed E-state index contributed by atoms with van der Waals surface area (Å²) in [5.41, 5.74) is 1.02. The summed E-state index contributed by atoms with van der Waals surface area (Å²) in [5.74, 6) is 0.371. The summed E-state index contributed by atoms with van der Waals surface area (Å²) in [6.45, 7) is 3.75. The van der Waals surface area contributed by atoms with E-state index in [0.29, 0.717) is 43.8 Å². The molecule has 1 aromatic heterocycles. The van der Waals surface area contributed by atoms with Gasteiger partial charge in [0.15, 0.2) is 0 Å². The molecular formula is C26H23Cl2NO6S. The van der Waals surface area contributed by atoms with Crippen LogP contribution in [-0.4, -0.2) is 29.6 Å². The predicted molar refractivity (Wildman–Crippen MR) is 139 cm³/mol. The molecule has 4 rings (SSSR count). The molecule has 0 aliphatic heterocycles. The lowest BCUT2D eigenvalue weighted by Gasteiger charge is -2.12. The lowest BCUT2D eigenvalue weighted by molar-refractivity contribution is -0.136. The van der Waals surface area contributed by atoms with E-state index in [2.05, 4.69) is 0 Å². The molecule has 0 saturated carbocycles. The zero-order valence-corrected chi connectivity index (χ0v) is 21.8. The van der Waals surface area contributed by atoms with Crippen molar-refractivity contribution >= 4 is 50.1 Å². The summed E-state index contributed by atoms with van der Waals surface area (Å²) in [7, 11) is -4.02. The van der Waals surface area contributed by atoms with Crippen molar-refractivity contribution in [2.45, 2.75) is 37.7 Å². The highest BCUT2D eigenvalue weighted by atomic mass is 35.5. The van der Waals surface area contributed by atoms with Gasteiger partial charge in [-0.3, -0.25) is 4.79 Å². The van der Waals surface area contributed by atoms with Crippen LogP contribution < -0.4 is 9.47 Å². The number of benzene rings is 3. The van der Waals surface area contributed by atoms with Gasteiger partial charge in [-0.1, -0.05) is 23.2 Å². The third-order valence-electron chi connectivity index (χ3n) is 5.26. The molecule has 0 aliphatic rings. The summed E-state index contributed by atoms with van der Waals surface area (Å²) < 4.78 is 39.9. The molecule has 4 aromatic rings. The Hall–Kier alpha value is -3.20. The summed E-state index contributed by atoms with van der Waals surface area (Å²) in [5, 5.41) is 10.6. The van der Waals surface area contributed by atoms with E-state index >= 15 is 0 Å². The Balaban J connectivity index is 1.71. The third-order valence-corrected chi connectivity index (χ3v) is 7.38. The fraction of sp³-hybridized carbons (Fsp3) is 0.192. The molecule has 0 saturated heterocycles. The number of rotatable bonds is 9. The average molecular weight is 548 g/mol. The molecule has 0 radical (unpaired) electrons. The second-order valence-electron chi connectivity index (χ2n) is 8.37. The van der Waals surface area contributed by atoms with Crippen LogP contribution in [0.5, 0.6) is 17.2 Å². The predicted octanol–water partition coefficient (Wildman–Crippen LogP) is 6.78. The molecule has 1 N–H and O–H groups in total. The second-order valence-corrected chi connectivity index (χ2v) is 11.1. The molecule has 0 bridgehead atoms. The molecule has 10 heteroatoms. The number of hydrogen-bond donors (Lipinski definition) is 1. The van der Waals surface area contributed by atoms with Crippen molar-refractivity contribution in [1.82, 2.24) is 3.97 Å². The van der Waals surface area contributed by atoms with E-state index in [1.807, 2.05) is 13.8 Å². The van der Waals surface area contributed by atoms with Crippen molar-refractivity contribution in [3.05, 3.63) is 82.5 Å². The average Bonchev–Trinajstić information content (AvgIpc) is 3.15. The van der Waals surface area contributed by atoms with Gasteiger partial charge in [-0.05, 0) is 80.4 Å². The van der Waals surface area contributed by atoms with Crippen LogP contribution in [0.1, 0.15) is 25.8 Å². The van der Waals surface area contributed by atoms with E-state index in [-0.39, 0.29) is 23.8 Å². The maximum absolute atomic E-state index is 13.6. The molecule has 7 nitrogen and oxygen atoms in total. The van der Waals surface area contributed by atoms with Gasteiger partial charge >= 0.3 is 5.97 Å². The number of nitrogens with zero attached hydrogens (tertiary/aromatic N) is 1. The molecule has 1 heterocycles. The quantitative estimate of drug-likeness (QED) is 0.248. The lowest BCUT2D eigenvalue weighted by Crippen LogP contribution is -2.12. The molecule has 0 unspecified atom stereocenters. The number of halogens is 2. The molecule has 0 atom stereocenters. The fourth-order valence-corrected chi connectivity index (χ4v) is 5.64. The van der Waals surface area contributed by atoms with Crippen molar-refractivity contribution in [1.29, 1.82) is 0 Å². The first-order valence-electron chi connectivity index (χ1n) is 11.0. The SMILES string of the molecule is CC(C)Oc1ccc2c(CCC(=O)O)cn(S(=O)(=O)c3ccc(Oc4cc(Cl)cc(Cl)c4)cc3)c2c1. The van der Waals surface area contributed by atoms with E-state index < -0.39 is 16.0 Å². The van der Waals surface area contributed by atoms with Gasteiger partial charge in [0.05, 0.1) is 16.5 Å². The van der Waals surface area contributed by atoms with E-state index in [0.717, 1.165) is 0 Å². The van der Waals surface area contributed by atoms with Crippen molar-refractivity contribution in [2.75, 3.05) is 0 Å². The number of hydrogen-bond acceptors (Lipinski definition) is 5. The lowest BCUT2D eigenvalue weighted by atomic mass is 10.1. The van der Waals surface area contributed by atoms with Crippen molar-refractivity contribution in [3.8, 4) is 17.2 Å². The van der Waals surface area contributed by atoms with Crippen LogP contribution in [-0.2, 0) is 21.2 Å². The zero-order valence-electron chi connectivity index (χ0n) is 19.4. The van der Waals surface area contributed by atoms with Crippen LogP contribution >= 0.6 is 23.2 Å². The Morgan fingerprint density at radius 1 is 0.944 bits per heavy atom. The Labute approximate surface area is 218 Å². The van der Waals surface area contributed by atoms with Gasteiger partial charge < -0.3 is 14.6 Å². The number of carbonyl (C=O) groups is 1. The zero-order chi connectivity index (χ0) is 26.0. The normalized spacial score (nSPS) is 11.7. The first-order chi connectivity index (χ1) is 17.0. The highest BCUT2D eigenvalue weighted by Crippen LogP contribution is 2.32. The van der Waals surface area contributed by atoms with Gasteiger partial charge in [0.1, 0.15) is 17.2 Å². The van der Waals surface area contributed by atoms with Gasteiger partial charge in [-0.15, -0.1) is 0 Å². The minimum Gasteiger partial charge on any atom is -0.491 e. The first-order valence-corrected chi connectivity index (χ1v) is 13.2. The van der Waals surface area contributed by atoms with Gasteiger partial charge in [0.2, 0.25) is 0 Å². The van der Waals surface area contributed by atoms with Crippen molar-refractivity contribution in [2.24, 2.45) is 0 Å². The van der Waals surface area contributed by atoms with E-state index in [1.165, 1.54) is 34.4 Å². The molecule has 0 spiro atoms. The Bertz CT molecular complexity index is 1510. The highest BCUT2D eigenvalue weighted by Gasteiger charge is 2.22. The number of aryl methyl sites for hydroxylation is 1. The molecule has 0 aliphatic carbocycles. The maximum Gasteiger partial charge on any atom is 0.303 e. The minimum absolute atomic E-state index is 0.0378. The Morgan fingerprint density at radius 3 is 2.19 bits per heavy atom. The number of ether oxygens (including phenoxy) is 2. The van der Waals surface area contributed by atoms with Crippen LogP contribution in [0.2, 0.25) is 10.0 Å². The number of aliphatic carboxylic acids is 1. The first kappa shape index (κ1) is 25.9. The summed E-state index contributed by atoms with van der Waals surface area (Å²) in [4.78, 5) is 11.2. The van der Waals surface area contributed by atoms with Gasteiger partial charge in [-0.25, -0.2) is 12.4 Å². The van der Waals surface area contributed by atoms with Crippen LogP contribution in [0.3, 0.4) is 0 Å².